The summed E-state index contributed by atoms with van der Waals surface area (Å²) in [4.78, 5) is 13.8. The molecule has 0 saturated carbocycles. The van der Waals surface area contributed by atoms with Gasteiger partial charge in [0, 0.05) is 50.5 Å². The molecule has 0 bridgehead atoms. The Labute approximate surface area is 160 Å². The maximum Gasteiger partial charge on any atom is 0.132 e. The second-order valence-electron chi connectivity index (χ2n) is 7.06. The van der Waals surface area contributed by atoms with Crippen molar-refractivity contribution in [3.8, 4) is 0 Å². The van der Waals surface area contributed by atoms with E-state index in [1.165, 1.54) is 24.1 Å². The number of nitrogens with one attached hydrogen (secondary N) is 1. The van der Waals surface area contributed by atoms with Crippen LogP contribution in [0.2, 0.25) is 5.02 Å². The van der Waals surface area contributed by atoms with Gasteiger partial charge in [-0.25, -0.2) is 9.97 Å². The van der Waals surface area contributed by atoms with Gasteiger partial charge >= 0.3 is 0 Å². The highest BCUT2D eigenvalue weighted by molar-refractivity contribution is 6.33. The van der Waals surface area contributed by atoms with Gasteiger partial charge in [-0.1, -0.05) is 23.7 Å². The summed E-state index contributed by atoms with van der Waals surface area (Å²) in [5.74, 6) is 1.05. The molecule has 2 aliphatic rings. The standard InChI is InChI=1S/C20H26ClN5/c21-17-6-2-4-8-19(17)26-13-11-25(12-14-26)10-9-22-20-16-5-1-3-7-18(16)23-15-24-20/h2,4,6,8,15H,1,3,5,7,9-14H2,(H,22,23,24). The molecule has 1 fully saturated rings. The van der Waals surface area contributed by atoms with E-state index >= 15 is 0 Å². The molecule has 0 radical (unpaired) electrons. The molecule has 0 amide bonds. The van der Waals surface area contributed by atoms with Crippen LogP contribution in [-0.4, -0.2) is 54.1 Å². The first kappa shape index (κ1) is 17.6. The van der Waals surface area contributed by atoms with Crippen molar-refractivity contribution < 1.29 is 0 Å². The highest BCUT2D eigenvalue weighted by Crippen LogP contribution is 2.26. The largest absolute Gasteiger partial charge is 0.368 e. The van der Waals surface area contributed by atoms with Crippen LogP contribution in [0, 0.1) is 0 Å². The fourth-order valence-corrected chi connectivity index (χ4v) is 4.18. The normalized spacial score (nSPS) is 17.8. The SMILES string of the molecule is Clc1ccccc1N1CCN(CCNc2ncnc3c2CCCC3)CC1. The Morgan fingerprint density at radius 2 is 1.81 bits per heavy atom. The number of hydrogen-bond donors (Lipinski definition) is 1. The zero-order valence-electron chi connectivity index (χ0n) is 15.1. The van der Waals surface area contributed by atoms with E-state index in [1.54, 1.807) is 6.33 Å². The molecule has 1 N–H and O–H groups in total. The Balaban J connectivity index is 1.26. The Morgan fingerprint density at radius 3 is 2.65 bits per heavy atom. The predicted octanol–water partition coefficient (Wildman–Crippen LogP) is 3.24. The smallest absolute Gasteiger partial charge is 0.132 e. The molecule has 6 heteroatoms. The molecule has 4 rings (SSSR count). The van der Waals surface area contributed by atoms with Gasteiger partial charge in [0.25, 0.3) is 0 Å². The highest BCUT2D eigenvalue weighted by Gasteiger charge is 2.19. The Bertz CT molecular complexity index is 743. The fraction of sp³-hybridized carbons (Fsp3) is 0.500. The van der Waals surface area contributed by atoms with Crippen molar-refractivity contribution in [3.05, 3.63) is 46.9 Å². The molecule has 5 nitrogen and oxygen atoms in total. The van der Waals surface area contributed by atoms with Crippen molar-refractivity contribution >= 4 is 23.1 Å². The van der Waals surface area contributed by atoms with E-state index in [9.17, 15) is 0 Å². The maximum atomic E-state index is 6.33. The third kappa shape index (κ3) is 3.94. The van der Waals surface area contributed by atoms with Gasteiger partial charge in [-0.15, -0.1) is 0 Å². The van der Waals surface area contributed by atoms with E-state index < -0.39 is 0 Å². The lowest BCUT2D eigenvalue weighted by molar-refractivity contribution is 0.267. The molecular formula is C20H26ClN5. The maximum absolute atomic E-state index is 6.33. The van der Waals surface area contributed by atoms with E-state index in [2.05, 4.69) is 37.2 Å². The van der Waals surface area contributed by atoms with E-state index in [0.717, 1.165) is 68.6 Å². The summed E-state index contributed by atoms with van der Waals surface area (Å²) in [5.41, 5.74) is 3.73. The Kier molecular flexibility index (Phi) is 5.56. The summed E-state index contributed by atoms with van der Waals surface area (Å²) in [5, 5.41) is 4.39. The zero-order chi connectivity index (χ0) is 17.8. The van der Waals surface area contributed by atoms with Gasteiger partial charge in [-0.2, -0.15) is 0 Å². The van der Waals surface area contributed by atoms with Crippen LogP contribution in [0.3, 0.4) is 0 Å². The third-order valence-corrected chi connectivity index (χ3v) is 5.73. The van der Waals surface area contributed by atoms with Crippen LogP contribution in [0.4, 0.5) is 11.5 Å². The van der Waals surface area contributed by atoms with Crippen LogP contribution >= 0.6 is 11.6 Å². The minimum absolute atomic E-state index is 0.844. The van der Waals surface area contributed by atoms with Gasteiger partial charge < -0.3 is 10.2 Å². The topological polar surface area (TPSA) is 44.3 Å². The first-order chi connectivity index (χ1) is 12.8. The van der Waals surface area contributed by atoms with Crippen molar-refractivity contribution in [2.24, 2.45) is 0 Å². The number of piperazine rings is 1. The Hall–Kier alpha value is -1.85. The molecule has 1 aliphatic heterocycles. The quantitative estimate of drug-likeness (QED) is 0.874. The number of hydrogen-bond acceptors (Lipinski definition) is 5. The lowest BCUT2D eigenvalue weighted by Crippen LogP contribution is -2.47. The number of fused-ring (bicyclic) bond motifs is 1. The van der Waals surface area contributed by atoms with Gasteiger partial charge in [0.05, 0.1) is 10.7 Å². The summed E-state index contributed by atoms with van der Waals surface area (Å²) >= 11 is 6.33. The molecule has 0 unspecified atom stereocenters. The zero-order valence-corrected chi connectivity index (χ0v) is 15.9. The van der Waals surface area contributed by atoms with Gasteiger partial charge in [0.2, 0.25) is 0 Å². The predicted molar refractivity (Wildman–Crippen MR) is 107 cm³/mol. The molecule has 0 spiro atoms. The van der Waals surface area contributed by atoms with Crippen LogP contribution in [0.15, 0.2) is 30.6 Å². The van der Waals surface area contributed by atoms with Gasteiger partial charge in [-0.3, -0.25) is 4.90 Å². The summed E-state index contributed by atoms with van der Waals surface area (Å²) in [6.45, 7) is 6.13. The van der Waals surface area contributed by atoms with Gasteiger partial charge in [-0.05, 0) is 37.8 Å². The van der Waals surface area contributed by atoms with Crippen LogP contribution < -0.4 is 10.2 Å². The number of rotatable bonds is 5. The molecule has 1 aromatic carbocycles. The van der Waals surface area contributed by atoms with Crippen molar-refractivity contribution in [1.29, 1.82) is 0 Å². The highest BCUT2D eigenvalue weighted by atomic mass is 35.5. The molecule has 1 aromatic heterocycles. The van der Waals surface area contributed by atoms with Crippen LogP contribution in [0.1, 0.15) is 24.1 Å². The summed E-state index contributed by atoms with van der Waals surface area (Å²) in [6.07, 6.45) is 6.40. The van der Waals surface area contributed by atoms with Crippen LogP contribution in [0.25, 0.3) is 0 Å². The molecule has 1 saturated heterocycles. The number of para-hydroxylation sites is 1. The number of nitrogens with zero attached hydrogens (tertiary/aromatic N) is 4. The van der Waals surface area contributed by atoms with Crippen molar-refractivity contribution in [2.45, 2.75) is 25.7 Å². The lowest BCUT2D eigenvalue weighted by Gasteiger charge is -2.36. The van der Waals surface area contributed by atoms with E-state index in [4.69, 9.17) is 11.6 Å². The number of anilines is 2. The minimum atomic E-state index is 0.844. The van der Waals surface area contributed by atoms with Gasteiger partial charge in [0.15, 0.2) is 0 Å². The molecule has 138 valence electrons. The number of aromatic nitrogens is 2. The third-order valence-electron chi connectivity index (χ3n) is 5.41. The fourth-order valence-electron chi connectivity index (χ4n) is 3.93. The lowest BCUT2D eigenvalue weighted by atomic mass is 9.96. The molecule has 0 atom stereocenters. The Morgan fingerprint density at radius 1 is 1.00 bits per heavy atom. The second-order valence-corrected chi connectivity index (χ2v) is 7.47. The van der Waals surface area contributed by atoms with E-state index in [-0.39, 0.29) is 0 Å². The number of halogens is 1. The van der Waals surface area contributed by atoms with Crippen LogP contribution in [-0.2, 0) is 12.8 Å². The minimum Gasteiger partial charge on any atom is -0.368 e. The number of benzene rings is 1. The van der Waals surface area contributed by atoms with E-state index in [1.807, 2.05) is 12.1 Å². The molecular weight excluding hydrogens is 346 g/mol. The molecule has 2 aromatic rings. The summed E-state index contributed by atoms with van der Waals surface area (Å²) in [7, 11) is 0. The first-order valence-corrected chi connectivity index (χ1v) is 9.97. The molecule has 26 heavy (non-hydrogen) atoms. The van der Waals surface area contributed by atoms with E-state index in [0.29, 0.717) is 0 Å². The van der Waals surface area contributed by atoms with Crippen molar-refractivity contribution in [2.75, 3.05) is 49.5 Å². The van der Waals surface area contributed by atoms with Gasteiger partial charge in [0.1, 0.15) is 12.1 Å². The van der Waals surface area contributed by atoms with Crippen molar-refractivity contribution in [1.82, 2.24) is 14.9 Å². The average molecular weight is 372 g/mol. The average Bonchev–Trinajstić information content (AvgIpc) is 2.69. The van der Waals surface area contributed by atoms with Crippen molar-refractivity contribution in [3.63, 3.8) is 0 Å². The number of aryl methyl sites for hydroxylation is 1. The molecule has 1 aliphatic carbocycles. The summed E-state index contributed by atoms with van der Waals surface area (Å²) in [6, 6.07) is 8.12. The first-order valence-electron chi connectivity index (χ1n) is 9.60. The second kappa shape index (κ2) is 8.23. The monoisotopic (exact) mass is 371 g/mol. The summed E-state index contributed by atoms with van der Waals surface area (Å²) < 4.78 is 0. The van der Waals surface area contributed by atoms with Crippen LogP contribution in [0.5, 0.6) is 0 Å². The molecule has 2 heterocycles.